The zero-order valence-corrected chi connectivity index (χ0v) is 16.8. The molecule has 28 heavy (non-hydrogen) atoms. The predicted octanol–water partition coefficient (Wildman–Crippen LogP) is -0.325. The van der Waals surface area contributed by atoms with E-state index in [4.69, 9.17) is 4.74 Å². The summed E-state index contributed by atoms with van der Waals surface area (Å²) in [5.74, 6) is -0.0311. The van der Waals surface area contributed by atoms with Crippen molar-refractivity contribution in [2.45, 2.75) is 0 Å². The monoisotopic (exact) mass is 410 g/mol. The van der Waals surface area contributed by atoms with Crippen LogP contribution in [0.4, 0.5) is 5.69 Å². The minimum atomic E-state index is -3.35. The van der Waals surface area contributed by atoms with E-state index in [-0.39, 0.29) is 11.8 Å². The van der Waals surface area contributed by atoms with Crippen LogP contribution in [0.1, 0.15) is 10.4 Å². The molecule has 1 aromatic rings. The average Bonchev–Trinajstić information content (AvgIpc) is 2.68. The maximum atomic E-state index is 12.7. The number of carbonyl (C=O) groups is 2. The summed E-state index contributed by atoms with van der Waals surface area (Å²) in [6.07, 6.45) is 1.08. The molecule has 0 atom stereocenters. The van der Waals surface area contributed by atoms with Gasteiger partial charge in [0.15, 0.2) is 0 Å². The molecule has 0 radical (unpaired) electrons. The second kappa shape index (κ2) is 8.89. The number of amides is 2. The van der Waals surface area contributed by atoms with Crippen LogP contribution < -0.4 is 4.72 Å². The summed E-state index contributed by atoms with van der Waals surface area (Å²) in [5.41, 5.74) is 0.907. The van der Waals surface area contributed by atoms with E-state index in [1.807, 2.05) is 0 Å². The number of morpholine rings is 1. The lowest BCUT2D eigenvalue weighted by molar-refractivity contribution is -0.134. The Balaban J connectivity index is 1.50. The lowest BCUT2D eigenvalue weighted by Gasteiger charge is -2.36. The third kappa shape index (κ3) is 5.66. The van der Waals surface area contributed by atoms with Gasteiger partial charge in [0.2, 0.25) is 15.9 Å². The molecular formula is C18H26N4O5S. The molecule has 9 nitrogen and oxygen atoms in total. The van der Waals surface area contributed by atoms with Crippen molar-refractivity contribution in [3.05, 3.63) is 29.8 Å². The van der Waals surface area contributed by atoms with E-state index in [1.54, 1.807) is 34.1 Å². The lowest BCUT2D eigenvalue weighted by atomic mass is 10.1. The highest BCUT2D eigenvalue weighted by Crippen LogP contribution is 2.14. The van der Waals surface area contributed by atoms with Crippen molar-refractivity contribution < 1.29 is 22.7 Å². The maximum Gasteiger partial charge on any atom is 0.253 e. The highest BCUT2D eigenvalue weighted by molar-refractivity contribution is 7.92. The smallest absolute Gasteiger partial charge is 0.253 e. The van der Waals surface area contributed by atoms with Crippen LogP contribution in [-0.2, 0) is 19.6 Å². The van der Waals surface area contributed by atoms with Crippen molar-refractivity contribution in [3.63, 3.8) is 0 Å². The number of benzene rings is 1. The van der Waals surface area contributed by atoms with E-state index in [0.29, 0.717) is 57.2 Å². The molecule has 0 bridgehead atoms. The molecule has 1 aromatic carbocycles. The van der Waals surface area contributed by atoms with Crippen LogP contribution in [0.15, 0.2) is 24.3 Å². The first kappa shape index (κ1) is 20.6. The number of hydrogen-bond acceptors (Lipinski definition) is 6. The summed E-state index contributed by atoms with van der Waals surface area (Å²) in [4.78, 5) is 30.7. The maximum absolute atomic E-state index is 12.7. The number of hydrogen-bond donors (Lipinski definition) is 1. The minimum absolute atomic E-state index is 0.0881. The fraction of sp³-hybridized carbons (Fsp3) is 0.556. The molecule has 2 heterocycles. The van der Waals surface area contributed by atoms with E-state index in [0.717, 1.165) is 19.3 Å². The molecule has 10 heteroatoms. The van der Waals surface area contributed by atoms with Gasteiger partial charge in [0.05, 0.1) is 26.0 Å². The summed E-state index contributed by atoms with van der Waals surface area (Å²) in [5, 5.41) is 0. The van der Waals surface area contributed by atoms with Crippen LogP contribution in [-0.4, -0.2) is 100 Å². The summed E-state index contributed by atoms with van der Waals surface area (Å²) >= 11 is 0. The molecular weight excluding hydrogens is 384 g/mol. The zero-order chi connectivity index (χ0) is 20.1. The van der Waals surface area contributed by atoms with Crippen molar-refractivity contribution in [2.75, 3.05) is 70.0 Å². The molecule has 1 N–H and O–H groups in total. The SMILES string of the molecule is CS(=O)(=O)Nc1ccc(C(=O)N2CCN(C(=O)CN3CCOCC3)CC2)cc1. The standard InChI is InChI=1S/C18H26N4O5S/c1-28(25,26)19-16-4-2-15(3-5-16)18(24)22-8-6-21(7-9-22)17(23)14-20-10-12-27-13-11-20/h2-5,19H,6-14H2,1H3. The van der Waals surface area contributed by atoms with E-state index >= 15 is 0 Å². The lowest BCUT2D eigenvalue weighted by Crippen LogP contribution is -2.53. The van der Waals surface area contributed by atoms with Crippen molar-refractivity contribution in [3.8, 4) is 0 Å². The molecule has 0 aromatic heterocycles. The number of rotatable bonds is 5. The van der Waals surface area contributed by atoms with Gasteiger partial charge in [0, 0.05) is 50.5 Å². The Morgan fingerprint density at radius 1 is 0.964 bits per heavy atom. The summed E-state index contributed by atoms with van der Waals surface area (Å²) < 4.78 is 30.2. The molecule has 2 aliphatic rings. The van der Waals surface area contributed by atoms with Crippen molar-refractivity contribution in [2.24, 2.45) is 0 Å². The number of piperazine rings is 1. The first-order chi connectivity index (χ1) is 13.3. The molecule has 2 fully saturated rings. The van der Waals surface area contributed by atoms with Crippen LogP contribution >= 0.6 is 0 Å². The third-order valence-corrected chi connectivity index (χ3v) is 5.42. The van der Waals surface area contributed by atoms with Gasteiger partial charge >= 0.3 is 0 Å². The van der Waals surface area contributed by atoms with Gasteiger partial charge in [-0.25, -0.2) is 8.42 Å². The Morgan fingerprint density at radius 3 is 2.11 bits per heavy atom. The molecule has 0 unspecified atom stereocenters. The Hall–Kier alpha value is -2.17. The average molecular weight is 410 g/mol. The number of ether oxygens (including phenoxy) is 1. The van der Waals surface area contributed by atoms with E-state index in [9.17, 15) is 18.0 Å². The Bertz CT molecular complexity index is 798. The summed E-state index contributed by atoms with van der Waals surface area (Å²) in [7, 11) is -3.35. The predicted molar refractivity (Wildman–Crippen MR) is 105 cm³/mol. The Morgan fingerprint density at radius 2 is 1.54 bits per heavy atom. The van der Waals surface area contributed by atoms with Crippen molar-refractivity contribution in [1.29, 1.82) is 0 Å². The number of nitrogens with one attached hydrogen (secondary N) is 1. The number of carbonyl (C=O) groups excluding carboxylic acids is 2. The van der Waals surface area contributed by atoms with Gasteiger partial charge in [0.25, 0.3) is 5.91 Å². The normalized spacial score (nSPS) is 18.8. The fourth-order valence-corrected chi connectivity index (χ4v) is 3.85. The molecule has 154 valence electrons. The number of anilines is 1. The third-order valence-electron chi connectivity index (χ3n) is 4.82. The number of nitrogens with zero attached hydrogens (tertiary/aromatic N) is 3. The number of sulfonamides is 1. The molecule has 0 aliphatic carbocycles. The van der Waals surface area contributed by atoms with Crippen molar-refractivity contribution in [1.82, 2.24) is 14.7 Å². The van der Waals surface area contributed by atoms with Crippen molar-refractivity contribution >= 4 is 27.5 Å². The largest absolute Gasteiger partial charge is 0.379 e. The van der Waals surface area contributed by atoms with Gasteiger partial charge in [-0.1, -0.05) is 0 Å². The van der Waals surface area contributed by atoms with Gasteiger partial charge < -0.3 is 14.5 Å². The Labute approximate surface area is 165 Å². The van der Waals surface area contributed by atoms with Gasteiger partial charge in [-0.05, 0) is 24.3 Å². The molecule has 0 saturated carbocycles. The molecule has 3 rings (SSSR count). The first-order valence-electron chi connectivity index (χ1n) is 9.27. The second-order valence-corrected chi connectivity index (χ2v) is 8.76. The molecule has 2 saturated heterocycles. The van der Waals surface area contributed by atoms with Crippen LogP contribution in [0.2, 0.25) is 0 Å². The highest BCUT2D eigenvalue weighted by atomic mass is 32.2. The van der Waals surface area contributed by atoms with Crippen LogP contribution in [0.25, 0.3) is 0 Å². The molecule has 0 spiro atoms. The van der Waals surface area contributed by atoms with E-state index in [1.165, 1.54) is 0 Å². The molecule has 2 amide bonds. The van der Waals surface area contributed by atoms with Crippen LogP contribution in [0.3, 0.4) is 0 Å². The van der Waals surface area contributed by atoms with Gasteiger partial charge in [-0.15, -0.1) is 0 Å². The topological polar surface area (TPSA) is 99.3 Å². The van der Waals surface area contributed by atoms with Gasteiger partial charge in [0.1, 0.15) is 0 Å². The first-order valence-corrected chi connectivity index (χ1v) is 11.2. The summed E-state index contributed by atoms with van der Waals surface area (Å²) in [6.45, 7) is 5.26. The van der Waals surface area contributed by atoms with Gasteiger partial charge in [-0.2, -0.15) is 0 Å². The van der Waals surface area contributed by atoms with Gasteiger partial charge in [-0.3, -0.25) is 19.2 Å². The van der Waals surface area contributed by atoms with Crippen LogP contribution in [0.5, 0.6) is 0 Å². The fourth-order valence-electron chi connectivity index (χ4n) is 3.29. The second-order valence-electron chi connectivity index (χ2n) is 7.01. The zero-order valence-electron chi connectivity index (χ0n) is 16.0. The quantitative estimate of drug-likeness (QED) is 0.714. The van der Waals surface area contributed by atoms with E-state index < -0.39 is 10.0 Å². The molecule has 2 aliphatic heterocycles. The Kier molecular flexibility index (Phi) is 6.53. The summed E-state index contributed by atoms with van der Waals surface area (Å²) in [6, 6.07) is 6.34. The van der Waals surface area contributed by atoms with E-state index in [2.05, 4.69) is 9.62 Å². The minimum Gasteiger partial charge on any atom is -0.379 e. The highest BCUT2D eigenvalue weighted by Gasteiger charge is 2.26. The van der Waals surface area contributed by atoms with Crippen LogP contribution in [0, 0.1) is 0 Å².